The monoisotopic (exact) mass is 301 g/mol. The summed E-state index contributed by atoms with van der Waals surface area (Å²) in [6.45, 7) is 1.03. The van der Waals surface area contributed by atoms with Gasteiger partial charge in [0.15, 0.2) is 0 Å². The smallest absolute Gasteiger partial charge is 0.0208 e. The van der Waals surface area contributed by atoms with Crippen molar-refractivity contribution in [3.63, 3.8) is 0 Å². The molecule has 1 saturated carbocycles. The maximum Gasteiger partial charge on any atom is 0.0208 e. The van der Waals surface area contributed by atoms with E-state index in [1.54, 1.807) is 0 Å². The normalized spacial score (nSPS) is 17.5. The van der Waals surface area contributed by atoms with Crippen molar-refractivity contribution in [2.75, 3.05) is 0 Å². The van der Waals surface area contributed by atoms with Crippen molar-refractivity contribution in [3.05, 3.63) is 33.4 Å². The Balaban J connectivity index is 1.85. The third kappa shape index (κ3) is 2.95. The number of rotatable bonds is 3. The first kappa shape index (κ1) is 10.4. The van der Waals surface area contributed by atoms with Crippen LogP contribution in [0.15, 0.2) is 24.3 Å². The van der Waals surface area contributed by atoms with Crippen molar-refractivity contribution in [2.45, 2.75) is 38.3 Å². The zero-order valence-corrected chi connectivity index (χ0v) is 10.5. The lowest BCUT2D eigenvalue weighted by Crippen LogP contribution is -2.25. The molecule has 2 rings (SSSR count). The van der Waals surface area contributed by atoms with Gasteiger partial charge in [0.25, 0.3) is 0 Å². The summed E-state index contributed by atoms with van der Waals surface area (Å²) < 4.78 is 1.33. The number of hydrogen-bond donors (Lipinski definition) is 1. The Bertz CT molecular complexity index is 292. The van der Waals surface area contributed by atoms with Gasteiger partial charge in [-0.1, -0.05) is 25.0 Å². The summed E-state index contributed by atoms with van der Waals surface area (Å²) in [6.07, 6.45) is 5.54. The third-order valence-electron chi connectivity index (χ3n) is 2.84. The van der Waals surface area contributed by atoms with Gasteiger partial charge in [0, 0.05) is 16.2 Å². The molecule has 0 radical (unpaired) electrons. The van der Waals surface area contributed by atoms with Crippen LogP contribution < -0.4 is 5.32 Å². The summed E-state index contributed by atoms with van der Waals surface area (Å²) in [4.78, 5) is 0. The van der Waals surface area contributed by atoms with Gasteiger partial charge >= 0.3 is 0 Å². The molecule has 0 atom stereocenters. The van der Waals surface area contributed by atoms with Gasteiger partial charge in [-0.2, -0.15) is 0 Å². The van der Waals surface area contributed by atoms with E-state index in [9.17, 15) is 0 Å². The molecule has 76 valence electrons. The van der Waals surface area contributed by atoms with Gasteiger partial charge in [-0.25, -0.2) is 0 Å². The molecule has 0 amide bonds. The molecular formula is C12H16IN. The fraction of sp³-hybridized carbons (Fsp3) is 0.500. The number of hydrogen-bond acceptors (Lipinski definition) is 1. The highest BCUT2D eigenvalue weighted by Gasteiger charge is 2.13. The van der Waals surface area contributed by atoms with E-state index < -0.39 is 0 Å². The lowest BCUT2D eigenvalue weighted by Gasteiger charge is -2.11. The van der Waals surface area contributed by atoms with Crippen molar-refractivity contribution >= 4 is 22.6 Å². The number of benzene rings is 1. The number of nitrogens with one attached hydrogen (secondary N) is 1. The van der Waals surface area contributed by atoms with Gasteiger partial charge in [0.05, 0.1) is 0 Å². The van der Waals surface area contributed by atoms with Gasteiger partial charge in [-0.05, 0) is 53.1 Å². The molecule has 0 bridgehead atoms. The Hall–Kier alpha value is -0.0900. The highest BCUT2D eigenvalue weighted by Crippen LogP contribution is 2.18. The second kappa shape index (κ2) is 5.12. The van der Waals surface area contributed by atoms with Crippen LogP contribution in [0.25, 0.3) is 0 Å². The van der Waals surface area contributed by atoms with E-state index in [1.807, 2.05) is 0 Å². The van der Waals surface area contributed by atoms with E-state index in [-0.39, 0.29) is 0 Å². The van der Waals surface area contributed by atoms with Crippen molar-refractivity contribution in [2.24, 2.45) is 0 Å². The highest BCUT2D eigenvalue weighted by atomic mass is 127. The van der Waals surface area contributed by atoms with Crippen molar-refractivity contribution in [3.8, 4) is 0 Å². The zero-order chi connectivity index (χ0) is 9.80. The van der Waals surface area contributed by atoms with Crippen molar-refractivity contribution < 1.29 is 0 Å². The Labute approximate surface area is 99.4 Å². The molecule has 0 spiro atoms. The van der Waals surface area contributed by atoms with Gasteiger partial charge in [0.1, 0.15) is 0 Å². The topological polar surface area (TPSA) is 12.0 Å². The van der Waals surface area contributed by atoms with E-state index >= 15 is 0 Å². The van der Waals surface area contributed by atoms with Crippen LogP contribution in [0, 0.1) is 3.57 Å². The van der Waals surface area contributed by atoms with E-state index in [1.165, 1.54) is 34.8 Å². The van der Waals surface area contributed by atoms with Crippen LogP contribution in [-0.4, -0.2) is 6.04 Å². The van der Waals surface area contributed by atoms with Gasteiger partial charge in [-0.3, -0.25) is 0 Å². The molecule has 1 nitrogen and oxygen atoms in total. The second-order valence-corrected chi connectivity index (χ2v) is 5.24. The number of halogens is 1. The van der Waals surface area contributed by atoms with Gasteiger partial charge < -0.3 is 5.32 Å². The molecule has 1 aliphatic carbocycles. The summed E-state index contributed by atoms with van der Waals surface area (Å²) in [5.74, 6) is 0. The molecule has 0 aromatic heterocycles. The lowest BCUT2D eigenvalue weighted by molar-refractivity contribution is 0.524. The molecule has 14 heavy (non-hydrogen) atoms. The van der Waals surface area contributed by atoms with Crippen molar-refractivity contribution in [1.82, 2.24) is 5.32 Å². The van der Waals surface area contributed by atoms with E-state index in [0.29, 0.717) is 0 Å². The molecule has 0 heterocycles. The summed E-state index contributed by atoms with van der Waals surface area (Å²) in [5.41, 5.74) is 1.41. The predicted molar refractivity (Wildman–Crippen MR) is 68.3 cm³/mol. The first-order chi connectivity index (χ1) is 6.84. The first-order valence-corrected chi connectivity index (χ1v) is 6.40. The standard InChI is InChI=1S/C12H16IN/c13-11-5-3-4-10(8-11)9-14-12-6-1-2-7-12/h3-5,8,12,14H,1-2,6-7,9H2. The SMILES string of the molecule is Ic1cccc(CNC2CCCC2)c1. The minimum atomic E-state index is 0.771. The predicted octanol–water partition coefficient (Wildman–Crippen LogP) is 3.32. The minimum Gasteiger partial charge on any atom is -0.310 e. The average Bonchev–Trinajstić information content (AvgIpc) is 2.67. The van der Waals surface area contributed by atoms with Crippen molar-refractivity contribution in [1.29, 1.82) is 0 Å². The van der Waals surface area contributed by atoms with E-state index in [2.05, 4.69) is 52.2 Å². The van der Waals surface area contributed by atoms with E-state index in [4.69, 9.17) is 0 Å². The van der Waals surface area contributed by atoms with Crippen LogP contribution in [-0.2, 0) is 6.54 Å². The summed E-state index contributed by atoms with van der Waals surface area (Å²) in [6, 6.07) is 9.49. The van der Waals surface area contributed by atoms with Gasteiger partial charge in [-0.15, -0.1) is 0 Å². The molecule has 2 heteroatoms. The Kier molecular flexibility index (Phi) is 3.81. The van der Waals surface area contributed by atoms with Crippen LogP contribution in [0.4, 0.5) is 0 Å². The maximum absolute atomic E-state index is 3.62. The maximum atomic E-state index is 3.62. The molecular weight excluding hydrogens is 285 g/mol. The second-order valence-electron chi connectivity index (χ2n) is 3.99. The molecule has 0 unspecified atom stereocenters. The molecule has 0 saturated heterocycles. The molecule has 1 aromatic carbocycles. The molecule has 1 fully saturated rings. The van der Waals surface area contributed by atoms with Gasteiger partial charge in [0.2, 0.25) is 0 Å². The van der Waals surface area contributed by atoms with Crippen LogP contribution >= 0.6 is 22.6 Å². The fourth-order valence-electron chi connectivity index (χ4n) is 2.04. The highest BCUT2D eigenvalue weighted by molar-refractivity contribution is 14.1. The first-order valence-electron chi connectivity index (χ1n) is 5.32. The Morgan fingerprint density at radius 1 is 1.29 bits per heavy atom. The summed E-state index contributed by atoms with van der Waals surface area (Å²) in [7, 11) is 0. The Morgan fingerprint density at radius 2 is 2.07 bits per heavy atom. The summed E-state index contributed by atoms with van der Waals surface area (Å²) in [5, 5.41) is 3.62. The third-order valence-corrected chi connectivity index (χ3v) is 3.51. The molecule has 1 N–H and O–H groups in total. The fourth-order valence-corrected chi connectivity index (χ4v) is 2.65. The molecule has 1 aliphatic rings. The average molecular weight is 301 g/mol. The van der Waals surface area contributed by atoms with Crippen LogP contribution in [0.1, 0.15) is 31.2 Å². The molecule has 0 aliphatic heterocycles. The quantitative estimate of drug-likeness (QED) is 0.845. The lowest BCUT2D eigenvalue weighted by atomic mass is 10.2. The Morgan fingerprint density at radius 3 is 2.79 bits per heavy atom. The van der Waals surface area contributed by atoms with Crippen LogP contribution in [0.3, 0.4) is 0 Å². The van der Waals surface area contributed by atoms with Crippen LogP contribution in [0.5, 0.6) is 0 Å². The molecule has 1 aromatic rings. The minimum absolute atomic E-state index is 0.771. The van der Waals surface area contributed by atoms with E-state index in [0.717, 1.165) is 12.6 Å². The van der Waals surface area contributed by atoms with Crippen LogP contribution in [0.2, 0.25) is 0 Å². The summed E-state index contributed by atoms with van der Waals surface area (Å²) >= 11 is 2.37. The zero-order valence-electron chi connectivity index (χ0n) is 8.30. The largest absolute Gasteiger partial charge is 0.310 e.